The molecule has 1 aliphatic heterocycles. The smallest absolute Gasteiger partial charge is 0.195 e. The number of ketones is 1. The average Bonchev–Trinajstić information content (AvgIpc) is 2.45. The minimum absolute atomic E-state index is 0.983. The van der Waals surface area contributed by atoms with Gasteiger partial charge in [0.15, 0.2) is 5.78 Å². The molecule has 0 saturated carbocycles. The molecule has 0 aromatic carbocycles. The predicted octanol–water partition coefficient (Wildman–Crippen LogP) is -4.11. The lowest BCUT2D eigenvalue weighted by Crippen LogP contribution is -2.62. The number of carbonyl (C=O) groups is 1. The normalized spacial score (nSPS) is 39.4. The minimum atomic E-state index is -2.14. The minimum Gasteiger partial charge on any atom is -0.391 e. The molecule has 9 heteroatoms. The molecule has 0 spiro atoms. The zero-order valence-electron chi connectivity index (χ0n) is 11.6. The fraction of sp³-hybridized carbons (Fsp3) is 0.917. The van der Waals surface area contributed by atoms with Crippen molar-refractivity contribution >= 4 is 5.78 Å². The van der Waals surface area contributed by atoms with E-state index in [1.54, 1.807) is 0 Å². The first-order valence-corrected chi connectivity index (χ1v) is 6.55. The van der Waals surface area contributed by atoms with Gasteiger partial charge < -0.3 is 40.5 Å². The van der Waals surface area contributed by atoms with Crippen LogP contribution in [0.15, 0.2) is 0 Å². The molecule has 9 atom stereocenters. The molecular formula is C12H22O9. The van der Waals surface area contributed by atoms with Crippen LogP contribution in [-0.2, 0) is 9.53 Å². The van der Waals surface area contributed by atoms with Crippen LogP contribution in [0.2, 0.25) is 0 Å². The number of hydrogen-bond donors (Lipinski definition) is 7. The molecule has 1 saturated heterocycles. The lowest BCUT2D eigenvalue weighted by Gasteiger charge is -2.39. The van der Waals surface area contributed by atoms with Gasteiger partial charge in [-0.3, -0.25) is 4.79 Å². The van der Waals surface area contributed by atoms with E-state index < -0.39 is 60.7 Å². The number of Topliss-reactive ketones (excluding diaryl/α,β-unsaturated/α-hetero) is 1. The summed E-state index contributed by atoms with van der Waals surface area (Å²) in [5.74, 6) is -1.17. The highest BCUT2D eigenvalue weighted by Gasteiger charge is 2.48. The van der Waals surface area contributed by atoms with Crippen LogP contribution in [0.4, 0.5) is 0 Å². The lowest BCUT2D eigenvalue weighted by molar-refractivity contribution is -0.221. The van der Waals surface area contributed by atoms with E-state index in [0.29, 0.717) is 0 Å². The van der Waals surface area contributed by atoms with Gasteiger partial charge in [-0.15, -0.1) is 0 Å². The maximum Gasteiger partial charge on any atom is 0.195 e. The topological polar surface area (TPSA) is 168 Å². The zero-order chi connectivity index (χ0) is 16.5. The number of rotatable bonds is 5. The van der Waals surface area contributed by atoms with Crippen LogP contribution >= 0.6 is 0 Å². The van der Waals surface area contributed by atoms with Crippen LogP contribution in [0, 0.1) is 0 Å². The molecule has 124 valence electrons. The number of hydrogen-bond acceptors (Lipinski definition) is 9. The molecule has 0 aromatic heterocycles. The molecule has 1 rings (SSSR count). The first-order valence-electron chi connectivity index (χ1n) is 6.55. The van der Waals surface area contributed by atoms with Gasteiger partial charge in [-0.05, 0) is 13.8 Å². The quantitative estimate of drug-likeness (QED) is 0.267. The van der Waals surface area contributed by atoms with Crippen molar-refractivity contribution in [3.8, 4) is 0 Å². The average molecular weight is 310 g/mol. The van der Waals surface area contributed by atoms with E-state index in [9.17, 15) is 35.4 Å². The Morgan fingerprint density at radius 1 is 0.952 bits per heavy atom. The van der Waals surface area contributed by atoms with Gasteiger partial charge in [-0.25, -0.2) is 0 Å². The summed E-state index contributed by atoms with van der Waals surface area (Å²) in [5.41, 5.74) is 0. The summed E-state index contributed by atoms with van der Waals surface area (Å²) in [5, 5.41) is 66.6. The SMILES string of the molecule is C[C@@H](O)[C@@H](O)[C@H](O)[C@@H](O)C(=O)C1O[C@H](C)[C@@H](O)[C@H](O)[C@H]1O. The van der Waals surface area contributed by atoms with Gasteiger partial charge >= 0.3 is 0 Å². The molecule has 1 aliphatic rings. The molecule has 0 bridgehead atoms. The van der Waals surface area contributed by atoms with Gasteiger partial charge in [0.25, 0.3) is 0 Å². The fourth-order valence-electron chi connectivity index (χ4n) is 2.10. The van der Waals surface area contributed by atoms with Crippen LogP contribution in [0.3, 0.4) is 0 Å². The van der Waals surface area contributed by atoms with Crippen molar-refractivity contribution in [3.63, 3.8) is 0 Å². The molecular weight excluding hydrogens is 288 g/mol. The molecule has 7 N–H and O–H groups in total. The van der Waals surface area contributed by atoms with Gasteiger partial charge in [0.1, 0.15) is 42.7 Å². The third-order valence-corrected chi connectivity index (χ3v) is 3.59. The fourth-order valence-corrected chi connectivity index (χ4v) is 2.10. The summed E-state index contributed by atoms with van der Waals surface area (Å²) >= 11 is 0. The predicted molar refractivity (Wildman–Crippen MR) is 67.1 cm³/mol. The molecule has 21 heavy (non-hydrogen) atoms. The van der Waals surface area contributed by atoms with Crippen LogP contribution in [0.1, 0.15) is 13.8 Å². The highest BCUT2D eigenvalue weighted by atomic mass is 16.5. The van der Waals surface area contributed by atoms with Crippen molar-refractivity contribution in [2.24, 2.45) is 0 Å². The molecule has 1 unspecified atom stereocenters. The Balaban J connectivity index is 2.82. The Morgan fingerprint density at radius 3 is 1.95 bits per heavy atom. The first kappa shape index (κ1) is 18.4. The lowest BCUT2D eigenvalue weighted by atomic mass is 9.89. The summed E-state index contributed by atoms with van der Waals surface area (Å²) in [6.45, 7) is 2.51. The summed E-state index contributed by atoms with van der Waals surface area (Å²) < 4.78 is 5.03. The largest absolute Gasteiger partial charge is 0.391 e. The monoisotopic (exact) mass is 310 g/mol. The number of carbonyl (C=O) groups excluding carboxylic acids is 1. The van der Waals surface area contributed by atoms with Crippen molar-refractivity contribution in [3.05, 3.63) is 0 Å². The number of aliphatic hydroxyl groups excluding tert-OH is 7. The Kier molecular flexibility index (Phi) is 6.20. The van der Waals surface area contributed by atoms with E-state index in [-0.39, 0.29) is 0 Å². The Hall–Kier alpha value is -0.650. The maximum absolute atomic E-state index is 12.0. The molecule has 0 radical (unpaired) electrons. The van der Waals surface area contributed by atoms with E-state index in [1.807, 2.05) is 0 Å². The summed E-state index contributed by atoms with van der Waals surface area (Å²) in [7, 11) is 0. The van der Waals surface area contributed by atoms with Crippen LogP contribution < -0.4 is 0 Å². The zero-order valence-corrected chi connectivity index (χ0v) is 11.6. The Labute approximate surface area is 121 Å². The summed E-state index contributed by atoms with van der Waals surface area (Å²) in [6.07, 6.45) is -14.8. The van der Waals surface area contributed by atoms with Crippen molar-refractivity contribution in [1.82, 2.24) is 0 Å². The first-order chi connectivity index (χ1) is 9.59. The van der Waals surface area contributed by atoms with Crippen LogP contribution in [-0.4, -0.2) is 96.5 Å². The Bertz CT molecular complexity index is 361. The molecule has 1 heterocycles. The van der Waals surface area contributed by atoms with Crippen molar-refractivity contribution in [2.45, 2.75) is 68.8 Å². The standard InChI is InChI=1S/C12H22O9/c1-3(13)5(14)7(16)9(18)11(20)12-10(19)8(17)6(15)4(2)21-12/h3-10,12-19H,1-2H3/t3-,4-,5-,6-,7+,8+,9-,10-,12?/m1/s1. The van der Waals surface area contributed by atoms with E-state index in [4.69, 9.17) is 9.84 Å². The van der Waals surface area contributed by atoms with Crippen LogP contribution in [0.5, 0.6) is 0 Å². The summed E-state index contributed by atoms with van der Waals surface area (Å²) in [6, 6.07) is 0. The number of ether oxygens (including phenoxy) is 1. The van der Waals surface area contributed by atoms with E-state index >= 15 is 0 Å². The van der Waals surface area contributed by atoms with Crippen molar-refractivity contribution < 1.29 is 45.3 Å². The maximum atomic E-state index is 12.0. The molecule has 0 aromatic rings. The molecule has 1 fully saturated rings. The second-order valence-corrected chi connectivity index (χ2v) is 5.30. The molecule has 9 nitrogen and oxygen atoms in total. The van der Waals surface area contributed by atoms with Gasteiger partial charge in [0.05, 0.1) is 12.2 Å². The molecule has 0 aliphatic carbocycles. The highest BCUT2D eigenvalue weighted by Crippen LogP contribution is 2.23. The van der Waals surface area contributed by atoms with Gasteiger partial charge in [0, 0.05) is 0 Å². The molecule has 0 amide bonds. The second-order valence-electron chi connectivity index (χ2n) is 5.30. The second kappa shape index (κ2) is 7.07. The van der Waals surface area contributed by atoms with Gasteiger partial charge in [0.2, 0.25) is 0 Å². The van der Waals surface area contributed by atoms with Crippen LogP contribution in [0.25, 0.3) is 0 Å². The van der Waals surface area contributed by atoms with E-state index in [2.05, 4.69) is 0 Å². The third-order valence-electron chi connectivity index (χ3n) is 3.59. The van der Waals surface area contributed by atoms with E-state index in [1.165, 1.54) is 6.92 Å². The highest BCUT2D eigenvalue weighted by molar-refractivity contribution is 5.88. The van der Waals surface area contributed by atoms with Crippen molar-refractivity contribution in [1.29, 1.82) is 0 Å². The van der Waals surface area contributed by atoms with Gasteiger partial charge in [-0.2, -0.15) is 0 Å². The van der Waals surface area contributed by atoms with E-state index in [0.717, 1.165) is 6.92 Å². The van der Waals surface area contributed by atoms with Gasteiger partial charge in [-0.1, -0.05) is 0 Å². The number of aliphatic hydroxyl groups is 7. The third kappa shape index (κ3) is 3.76. The Morgan fingerprint density at radius 2 is 1.48 bits per heavy atom. The van der Waals surface area contributed by atoms with Crippen molar-refractivity contribution in [2.75, 3.05) is 0 Å². The summed E-state index contributed by atoms with van der Waals surface area (Å²) in [4.78, 5) is 12.0.